The lowest BCUT2D eigenvalue weighted by Gasteiger charge is -2.10. The maximum absolute atomic E-state index is 3.12. The normalized spacial score (nSPS) is 10.0. The summed E-state index contributed by atoms with van der Waals surface area (Å²) >= 11 is 0. The highest BCUT2D eigenvalue weighted by Crippen LogP contribution is 2.09. The molecule has 0 atom stereocenters. The van der Waals surface area contributed by atoms with Crippen LogP contribution in [0.1, 0.15) is 0 Å². The molecule has 0 saturated carbocycles. The molecule has 0 aliphatic rings. The van der Waals surface area contributed by atoms with Crippen LogP contribution in [0, 0.1) is 12.1 Å². The fourth-order valence-electron chi connectivity index (χ4n) is 0.998. The maximum atomic E-state index is 3.12. The highest BCUT2D eigenvalue weighted by molar-refractivity contribution is 5.80. The average molecular weight is 126 g/mol. The highest BCUT2D eigenvalue weighted by atomic mass is 13.9. The minimum absolute atomic E-state index is 1.13. The van der Waals surface area contributed by atoms with Gasteiger partial charge in [-0.2, -0.15) is 12.1 Å². The topological polar surface area (TPSA) is 0 Å². The van der Waals surface area contributed by atoms with Gasteiger partial charge in [-0.1, -0.05) is 0 Å². The Kier molecular flexibility index (Phi) is 1.17. The highest BCUT2D eigenvalue weighted by Gasteiger charge is 1.67. The summed E-state index contributed by atoms with van der Waals surface area (Å²) in [4.78, 5) is 0. The lowest BCUT2D eigenvalue weighted by molar-refractivity contribution is 1.73. The second-order valence-electron chi connectivity index (χ2n) is 2.17. The predicted molar refractivity (Wildman–Crippen MR) is 41.6 cm³/mol. The summed E-state index contributed by atoms with van der Waals surface area (Å²) in [5, 5.41) is 2.26. The van der Waals surface area contributed by atoms with E-state index in [1.54, 1.807) is 0 Å². The van der Waals surface area contributed by atoms with Crippen LogP contribution in [0.3, 0.4) is 0 Å². The molecule has 0 fully saturated rings. The molecule has 0 aromatic heterocycles. The summed E-state index contributed by atoms with van der Waals surface area (Å²) in [6.45, 7) is 0. The van der Waals surface area contributed by atoms with E-state index in [4.69, 9.17) is 0 Å². The van der Waals surface area contributed by atoms with Crippen molar-refractivity contribution in [1.82, 2.24) is 0 Å². The molecule has 0 bridgehead atoms. The van der Waals surface area contributed by atoms with E-state index >= 15 is 0 Å². The standard InChI is InChI=1S/C10H6/c1-2-6-10-8-4-3-7-9(10)5-1/h1-6H/q-2. The summed E-state index contributed by atoms with van der Waals surface area (Å²) in [6, 6.07) is 18.1. The van der Waals surface area contributed by atoms with E-state index in [1.165, 1.54) is 0 Å². The molecule has 2 aromatic carbocycles. The molecule has 0 heteroatoms. The number of fused-ring (bicyclic) bond motifs is 1. The molecule has 0 aliphatic heterocycles. The van der Waals surface area contributed by atoms with E-state index in [2.05, 4.69) is 12.1 Å². The SMILES string of the molecule is [c-]1cc[c-]c2ccccc12. The first-order valence-corrected chi connectivity index (χ1v) is 3.24. The lowest BCUT2D eigenvalue weighted by Crippen LogP contribution is -1.68. The van der Waals surface area contributed by atoms with Gasteiger partial charge in [-0.25, -0.2) is 35.0 Å². The van der Waals surface area contributed by atoms with Crippen LogP contribution in [0.25, 0.3) is 10.8 Å². The van der Waals surface area contributed by atoms with Crippen LogP contribution in [0.4, 0.5) is 0 Å². The summed E-state index contributed by atoms with van der Waals surface area (Å²) < 4.78 is 0. The Hall–Kier alpha value is -1.30. The van der Waals surface area contributed by atoms with Crippen LogP contribution in [0.5, 0.6) is 0 Å². The molecule has 0 radical (unpaired) electrons. The summed E-state index contributed by atoms with van der Waals surface area (Å²) in [5.74, 6) is 0. The number of hydrogen-bond donors (Lipinski definition) is 0. The van der Waals surface area contributed by atoms with Crippen molar-refractivity contribution >= 4 is 10.8 Å². The van der Waals surface area contributed by atoms with Gasteiger partial charge in [0, 0.05) is 0 Å². The molecule has 0 unspecified atom stereocenters. The monoisotopic (exact) mass is 126 g/mol. The molecule has 0 saturated heterocycles. The lowest BCUT2D eigenvalue weighted by atomic mass is 10.1. The fraction of sp³-hybridized carbons (Fsp3) is 0. The number of benzene rings is 2. The third-order valence-corrected chi connectivity index (χ3v) is 1.49. The van der Waals surface area contributed by atoms with Crippen molar-refractivity contribution in [3.63, 3.8) is 0 Å². The van der Waals surface area contributed by atoms with Crippen LogP contribution >= 0.6 is 0 Å². The Balaban J connectivity index is 2.89. The number of hydrogen-bond acceptors (Lipinski definition) is 0. The first-order chi connectivity index (χ1) is 4.97. The number of rotatable bonds is 0. The van der Waals surface area contributed by atoms with E-state index in [-0.39, 0.29) is 0 Å². The second kappa shape index (κ2) is 2.14. The molecule has 2 aromatic rings. The van der Waals surface area contributed by atoms with Crippen LogP contribution < -0.4 is 0 Å². The van der Waals surface area contributed by atoms with Crippen LogP contribution in [0.15, 0.2) is 36.4 Å². The third kappa shape index (κ3) is 0.781. The molecule has 2 rings (SSSR count). The van der Waals surface area contributed by atoms with Crippen LogP contribution in [0.2, 0.25) is 0 Å². The van der Waals surface area contributed by atoms with Gasteiger partial charge in [0.1, 0.15) is 0 Å². The third-order valence-electron chi connectivity index (χ3n) is 1.49. The Bertz CT molecular complexity index is 271. The Labute approximate surface area is 60.1 Å². The molecular formula is C10H6-2. The maximum Gasteiger partial charge on any atom is -0.123 e. The van der Waals surface area contributed by atoms with Gasteiger partial charge in [0.05, 0.1) is 0 Å². The molecular weight excluding hydrogens is 120 g/mol. The van der Waals surface area contributed by atoms with Crippen molar-refractivity contribution in [1.29, 1.82) is 0 Å². The largest absolute Gasteiger partial charge is 0.246 e. The zero-order valence-corrected chi connectivity index (χ0v) is 5.46. The molecule has 0 heterocycles. The Morgan fingerprint density at radius 2 is 1.30 bits per heavy atom. The molecule has 48 valence electrons. The predicted octanol–water partition coefficient (Wildman–Crippen LogP) is 2.44. The van der Waals surface area contributed by atoms with Crippen molar-refractivity contribution in [2.45, 2.75) is 0 Å². The van der Waals surface area contributed by atoms with Crippen LogP contribution in [-0.2, 0) is 0 Å². The smallest absolute Gasteiger partial charge is 0.123 e. The van der Waals surface area contributed by atoms with E-state index in [9.17, 15) is 0 Å². The van der Waals surface area contributed by atoms with Crippen molar-refractivity contribution in [2.75, 3.05) is 0 Å². The van der Waals surface area contributed by atoms with Crippen molar-refractivity contribution in [2.24, 2.45) is 0 Å². The minimum Gasteiger partial charge on any atom is -0.246 e. The van der Waals surface area contributed by atoms with Gasteiger partial charge in [-0.15, -0.1) is 12.1 Å². The van der Waals surface area contributed by atoms with Gasteiger partial charge in [0.15, 0.2) is 0 Å². The fourth-order valence-corrected chi connectivity index (χ4v) is 0.998. The van der Waals surface area contributed by atoms with Crippen molar-refractivity contribution in [3.05, 3.63) is 48.5 Å². The summed E-state index contributed by atoms with van der Waals surface area (Å²) in [7, 11) is 0. The second-order valence-corrected chi connectivity index (χ2v) is 2.17. The van der Waals surface area contributed by atoms with E-state index in [0.717, 1.165) is 10.8 Å². The zero-order chi connectivity index (χ0) is 6.81. The Morgan fingerprint density at radius 3 is 1.80 bits per heavy atom. The van der Waals surface area contributed by atoms with E-state index in [1.807, 2.05) is 36.4 Å². The zero-order valence-electron chi connectivity index (χ0n) is 5.46. The van der Waals surface area contributed by atoms with Crippen molar-refractivity contribution < 1.29 is 0 Å². The molecule has 0 aliphatic carbocycles. The Morgan fingerprint density at radius 1 is 0.800 bits per heavy atom. The minimum atomic E-state index is 1.13. The molecule has 0 amide bonds. The van der Waals surface area contributed by atoms with Gasteiger partial charge in [0.25, 0.3) is 0 Å². The van der Waals surface area contributed by atoms with Gasteiger partial charge in [-0.3, -0.25) is 0 Å². The van der Waals surface area contributed by atoms with Crippen molar-refractivity contribution in [3.8, 4) is 0 Å². The van der Waals surface area contributed by atoms with Crippen LogP contribution in [-0.4, -0.2) is 0 Å². The van der Waals surface area contributed by atoms with Gasteiger partial charge in [-0.05, 0) is 0 Å². The average Bonchev–Trinajstić information content (AvgIpc) is 2.05. The van der Waals surface area contributed by atoms with Gasteiger partial charge in [0.2, 0.25) is 0 Å². The summed E-state index contributed by atoms with van der Waals surface area (Å²) in [5.41, 5.74) is 0. The van der Waals surface area contributed by atoms with Gasteiger partial charge >= 0.3 is 0 Å². The molecule has 0 spiro atoms. The van der Waals surface area contributed by atoms with E-state index in [0.29, 0.717) is 0 Å². The molecule has 10 heavy (non-hydrogen) atoms. The summed E-state index contributed by atoms with van der Waals surface area (Å²) in [6.07, 6.45) is 0. The molecule has 0 nitrogen and oxygen atoms in total. The molecule has 0 N–H and O–H groups in total. The first kappa shape index (κ1) is 5.48. The van der Waals surface area contributed by atoms with Gasteiger partial charge < -0.3 is 0 Å². The first-order valence-electron chi connectivity index (χ1n) is 3.24. The van der Waals surface area contributed by atoms with E-state index < -0.39 is 0 Å². The quantitative estimate of drug-likeness (QED) is 0.475.